The van der Waals surface area contributed by atoms with E-state index in [-0.39, 0.29) is 18.5 Å². The van der Waals surface area contributed by atoms with Gasteiger partial charge in [-0.3, -0.25) is 14.5 Å². The molecule has 2 aliphatic rings. The van der Waals surface area contributed by atoms with Gasteiger partial charge >= 0.3 is 5.97 Å². The molecule has 5 nitrogen and oxygen atoms in total. The number of hydrogen-bond acceptors (Lipinski definition) is 3. The molecule has 1 aliphatic heterocycles. The van der Waals surface area contributed by atoms with Crippen molar-refractivity contribution >= 4 is 17.6 Å². The predicted molar refractivity (Wildman–Crippen MR) is 88.3 cm³/mol. The molecule has 1 saturated carbocycles. The Balaban J connectivity index is 1.68. The Bertz CT molecular complexity index is 602. The third kappa shape index (κ3) is 3.55. The molecule has 0 radical (unpaired) electrons. The molecule has 0 spiro atoms. The standard InChI is InChI=1S/C18H24N2O3/c1-12-5-4-7-14(9-12)19-17(21)11-20-15-8-3-2-6-13(15)10-16(20)18(22)23/h4-5,7,9,13,15-16H,2-3,6,8,10-11H2,1H3,(H,19,21)(H,22,23). The van der Waals surface area contributed by atoms with Gasteiger partial charge in [-0.25, -0.2) is 0 Å². The van der Waals surface area contributed by atoms with E-state index in [2.05, 4.69) is 5.32 Å². The van der Waals surface area contributed by atoms with Crippen molar-refractivity contribution in [3.63, 3.8) is 0 Å². The Morgan fingerprint density at radius 2 is 2.09 bits per heavy atom. The van der Waals surface area contributed by atoms with Crippen molar-refractivity contribution in [2.45, 2.75) is 51.1 Å². The summed E-state index contributed by atoms with van der Waals surface area (Å²) in [7, 11) is 0. The van der Waals surface area contributed by atoms with Crippen molar-refractivity contribution in [1.29, 1.82) is 0 Å². The summed E-state index contributed by atoms with van der Waals surface area (Å²) >= 11 is 0. The number of carbonyl (C=O) groups is 2. The molecule has 1 amide bonds. The Labute approximate surface area is 136 Å². The highest BCUT2D eigenvalue weighted by atomic mass is 16.4. The molecule has 1 aromatic rings. The van der Waals surface area contributed by atoms with Crippen LogP contribution in [0.4, 0.5) is 5.69 Å². The van der Waals surface area contributed by atoms with Crippen molar-refractivity contribution in [3.05, 3.63) is 29.8 Å². The number of nitrogens with one attached hydrogen (secondary N) is 1. The number of hydrogen-bond donors (Lipinski definition) is 2. The van der Waals surface area contributed by atoms with Crippen molar-refractivity contribution in [1.82, 2.24) is 4.90 Å². The van der Waals surface area contributed by atoms with Crippen LogP contribution in [0.3, 0.4) is 0 Å². The number of amides is 1. The van der Waals surface area contributed by atoms with Gasteiger partial charge < -0.3 is 10.4 Å². The van der Waals surface area contributed by atoms with Gasteiger partial charge in [0, 0.05) is 11.7 Å². The number of aliphatic carboxylic acids is 1. The molecule has 0 aromatic heterocycles. The molecule has 1 heterocycles. The van der Waals surface area contributed by atoms with Crippen LogP contribution in [-0.4, -0.2) is 40.5 Å². The lowest BCUT2D eigenvalue weighted by molar-refractivity contribution is -0.143. The Hall–Kier alpha value is -1.88. The smallest absolute Gasteiger partial charge is 0.320 e. The average molecular weight is 316 g/mol. The monoisotopic (exact) mass is 316 g/mol. The lowest BCUT2D eigenvalue weighted by Crippen LogP contribution is -2.46. The van der Waals surface area contributed by atoms with E-state index in [0.717, 1.165) is 30.5 Å². The van der Waals surface area contributed by atoms with Gasteiger partial charge in [-0.2, -0.15) is 0 Å². The van der Waals surface area contributed by atoms with Crippen LogP contribution in [-0.2, 0) is 9.59 Å². The van der Waals surface area contributed by atoms with Crippen LogP contribution in [0, 0.1) is 12.8 Å². The third-order valence-electron chi connectivity index (χ3n) is 5.13. The second-order valence-electron chi connectivity index (χ2n) is 6.79. The first kappa shape index (κ1) is 16.0. The molecule has 3 atom stereocenters. The van der Waals surface area contributed by atoms with Crippen LogP contribution in [0.2, 0.25) is 0 Å². The zero-order chi connectivity index (χ0) is 16.4. The number of nitrogens with zero attached hydrogens (tertiary/aromatic N) is 1. The lowest BCUT2D eigenvalue weighted by Gasteiger charge is -2.32. The fraction of sp³-hybridized carbons (Fsp3) is 0.556. The lowest BCUT2D eigenvalue weighted by atomic mass is 9.85. The summed E-state index contributed by atoms with van der Waals surface area (Å²) in [5, 5.41) is 12.4. The molecule has 5 heteroatoms. The first-order chi connectivity index (χ1) is 11.0. The molecule has 2 fully saturated rings. The molecular formula is C18H24N2O3. The summed E-state index contributed by atoms with van der Waals surface area (Å²) in [6, 6.07) is 7.37. The molecule has 1 aromatic carbocycles. The van der Waals surface area contributed by atoms with Crippen molar-refractivity contribution < 1.29 is 14.7 Å². The highest BCUT2D eigenvalue weighted by Gasteiger charge is 2.45. The van der Waals surface area contributed by atoms with Gasteiger partial charge in [-0.15, -0.1) is 0 Å². The third-order valence-corrected chi connectivity index (χ3v) is 5.13. The summed E-state index contributed by atoms with van der Waals surface area (Å²) in [5.74, 6) is -0.507. The van der Waals surface area contributed by atoms with Gasteiger partial charge in [0.1, 0.15) is 6.04 Å². The van der Waals surface area contributed by atoms with Crippen LogP contribution in [0.25, 0.3) is 0 Å². The van der Waals surface area contributed by atoms with Gasteiger partial charge in [0.2, 0.25) is 5.91 Å². The summed E-state index contributed by atoms with van der Waals surface area (Å²) in [4.78, 5) is 25.9. The molecule has 0 bridgehead atoms. The van der Waals surface area contributed by atoms with E-state index in [1.165, 1.54) is 6.42 Å². The number of carboxylic acids is 1. The number of carbonyl (C=O) groups excluding carboxylic acids is 1. The Kier molecular flexibility index (Phi) is 4.66. The van der Waals surface area contributed by atoms with E-state index in [1.54, 1.807) is 0 Å². The molecule has 23 heavy (non-hydrogen) atoms. The summed E-state index contributed by atoms with van der Waals surface area (Å²) in [6.45, 7) is 2.13. The summed E-state index contributed by atoms with van der Waals surface area (Å²) < 4.78 is 0. The number of rotatable bonds is 4. The van der Waals surface area contributed by atoms with E-state index >= 15 is 0 Å². The maximum Gasteiger partial charge on any atom is 0.320 e. The number of carboxylic acid groups (broad SMARTS) is 1. The van der Waals surface area contributed by atoms with Crippen LogP contribution < -0.4 is 5.32 Å². The van der Waals surface area contributed by atoms with E-state index < -0.39 is 12.0 Å². The number of aryl methyl sites for hydroxylation is 1. The van der Waals surface area contributed by atoms with E-state index in [4.69, 9.17) is 0 Å². The van der Waals surface area contributed by atoms with E-state index in [0.29, 0.717) is 12.3 Å². The normalized spacial score (nSPS) is 27.4. The minimum absolute atomic E-state index is 0.131. The maximum absolute atomic E-state index is 12.4. The fourth-order valence-corrected chi connectivity index (χ4v) is 4.11. The predicted octanol–water partition coefficient (Wildman–Crippen LogP) is 2.65. The number of fused-ring (bicyclic) bond motifs is 1. The minimum atomic E-state index is -0.803. The Morgan fingerprint density at radius 1 is 1.30 bits per heavy atom. The number of benzene rings is 1. The molecule has 1 aliphatic carbocycles. The second kappa shape index (κ2) is 6.71. The van der Waals surface area contributed by atoms with Gasteiger partial charge in [-0.05, 0) is 49.8 Å². The Morgan fingerprint density at radius 3 is 2.83 bits per heavy atom. The quantitative estimate of drug-likeness (QED) is 0.896. The molecule has 124 valence electrons. The number of anilines is 1. The van der Waals surface area contributed by atoms with Crippen molar-refractivity contribution in [3.8, 4) is 0 Å². The zero-order valence-corrected chi connectivity index (χ0v) is 13.5. The van der Waals surface area contributed by atoms with Crippen LogP contribution in [0.1, 0.15) is 37.7 Å². The van der Waals surface area contributed by atoms with E-state index in [1.807, 2.05) is 36.1 Å². The second-order valence-corrected chi connectivity index (χ2v) is 6.79. The first-order valence-electron chi connectivity index (χ1n) is 8.39. The fourth-order valence-electron chi connectivity index (χ4n) is 4.11. The minimum Gasteiger partial charge on any atom is -0.480 e. The SMILES string of the molecule is Cc1cccc(NC(=O)CN2C(C(=O)O)CC3CCCCC32)c1. The summed E-state index contributed by atoms with van der Waals surface area (Å²) in [5.41, 5.74) is 1.85. The maximum atomic E-state index is 12.4. The molecule has 3 unspecified atom stereocenters. The van der Waals surface area contributed by atoms with Gasteiger partial charge in [0.25, 0.3) is 0 Å². The largest absolute Gasteiger partial charge is 0.480 e. The van der Waals surface area contributed by atoms with Crippen molar-refractivity contribution in [2.75, 3.05) is 11.9 Å². The van der Waals surface area contributed by atoms with Gasteiger partial charge in [0.15, 0.2) is 0 Å². The number of likely N-dealkylation sites (tertiary alicyclic amines) is 1. The first-order valence-corrected chi connectivity index (χ1v) is 8.39. The van der Waals surface area contributed by atoms with Crippen LogP contribution in [0.5, 0.6) is 0 Å². The van der Waals surface area contributed by atoms with Crippen molar-refractivity contribution in [2.24, 2.45) is 5.92 Å². The highest BCUT2D eigenvalue weighted by molar-refractivity contribution is 5.92. The topological polar surface area (TPSA) is 69.6 Å². The molecule has 2 N–H and O–H groups in total. The summed E-state index contributed by atoms with van der Waals surface area (Å²) in [6.07, 6.45) is 5.08. The van der Waals surface area contributed by atoms with Crippen LogP contribution in [0.15, 0.2) is 24.3 Å². The average Bonchev–Trinajstić information content (AvgIpc) is 2.86. The van der Waals surface area contributed by atoms with E-state index in [9.17, 15) is 14.7 Å². The van der Waals surface area contributed by atoms with Crippen LogP contribution >= 0.6 is 0 Å². The molecule has 3 rings (SSSR count). The molecule has 1 saturated heterocycles. The van der Waals surface area contributed by atoms with Gasteiger partial charge in [0.05, 0.1) is 6.54 Å². The molecular weight excluding hydrogens is 292 g/mol. The van der Waals surface area contributed by atoms with Gasteiger partial charge in [-0.1, -0.05) is 25.0 Å². The highest BCUT2D eigenvalue weighted by Crippen LogP contribution is 2.39. The zero-order valence-electron chi connectivity index (χ0n) is 13.5.